The summed E-state index contributed by atoms with van der Waals surface area (Å²) in [6, 6.07) is 19.4. The number of fused-ring (bicyclic) bond motifs is 1. The summed E-state index contributed by atoms with van der Waals surface area (Å²) in [6.07, 6.45) is 1.94. The van der Waals surface area contributed by atoms with Crippen molar-refractivity contribution in [2.24, 2.45) is 4.99 Å². The van der Waals surface area contributed by atoms with Crippen LogP contribution in [0.2, 0.25) is 0 Å². The van der Waals surface area contributed by atoms with E-state index >= 15 is 0 Å². The molecule has 158 valence electrons. The molecule has 0 unspecified atom stereocenters. The van der Waals surface area contributed by atoms with Gasteiger partial charge in [-0.2, -0.15) is 0 Å². The summed E-state index contributed by atoms with van der Waals surface area (Å²) in [5, 5.41) is 14.9. The van der Waals surface area contributed by atoms with E-state index in [0.717, 1.165) is 23.6 Å². The van der Waals surface area contributed by atoms with E-state index in [2.05, 4.69) is 25.8 Å². The van der Waals surface area contributed by atoms with E-state index in [9.17, 15) is 4.39 Å². The number of benzene rings is 2. The predicted molar refractivity (Wildman–Crippen MR) is 118 cm³/mol. The Bertz CT molecular complexity index is 1150. The molecule has 7 nitrogen and oxygen atoms in total. The van der Waals surface area contributed by atoms with E-state index in [1.165, 1.54) is 12.1 Å². The van der Waals surface area contributed by atoms with Gasteiger partial charge in [0.1, 0.15) is 17.3 Å². The minimum Gasteiger partial charge on any atom is -0.457 e. The van der Waals surface area contributed by atoms with Crippen molar-refractivity contribution in [2.75, 3.05) is 6.54 Å². The van der Waals surface area contributed by atoms with Gasteiger partial charge in [-0.05, 0) is 61.0 Å². The number of nitrogens with one attached hydrogen (secondary N) is 2. The monoisotopic (exact) mass is 418 g/mol. The van der Waals surface area contributed by atoms with E-state index in [1.807, 2.05) is 60.0 Å². The maximum atomic E-state index is 13.0. The zero-order chi connectivity index (χ0) is 21.5. The number of guanidine groups is 1. The van der Waals surface area contributed by atoms with Gasteiger partial charge in [-0.1, -0.05) is 18.2 Å². The third-order valence-corrected chi connectivity index (χ3v) is 4.53. The summed E-state index contributed by atoms with van der Waals surface area (Å²) in [6.45, 7) is 3.77. The molecule has 2 aromatic heterocycles. The first-order valence-corrected chi connectivity index (χ1v) is 10.0. The first-order chi connectivity index (χ1) is 15.2. The second-order valence-corrected chi connectivity index (χ2v) is 6.79. The fourth-order valence-electron chi connectivity index (χ4n) is 2.99. The van der Waals surface area contributed by atoms with E-state index in [1.54, 1.807) is 12.1 Å². The van der Waals surface area contributed by atoms with E-state index in [-0.39, 0.29) is 5.82 Å². The standard InChI is InChI=1S/C23H23FN6O/c1-2-25-23(27-16-22-29-28-21-5-3-4-14-30(21)22)26-15-17-6-10-19(11-7-17)31-20-12-8-18(24)9-13-20/h3-14H,2,15-16H2,1H3,(H2,25,26,27). The van der Waals surface area contributed by atoms with Crippen LogP contribution >= 0.6 is 0 Å². The minimum atomic E-state index is -0.289. The van der Waals surface area contributed by atoms with Crippen LogP contribution in [0.5, 0.6) is 11.5 Å². The zero-order valence-corrected chi connectivity index (χ0v) is 17.1. The van der Waals surface area contributed by atoms with Gasteiger partial charge in [-0.25, -0.2) is 9.38 Å². The zero-order valence-electron chi connectivity index (χ0n) is 17.1. The normalized spacial score (nSPS) is 11.5. The first kappa shape index (κ1) is 20.3. The molecule has 4 rings (SSSR count). The maximum Gasteiger partial charge on any atom is 0.191 e. The predicted octanol–water partition coefficient (Wildman–Crippen LogP) is 3.92. The Labute approximate surface area is 179 Å². The molecule has 31 heavy (non-hydrogen) atoms. The highest BCUT2D eigenvalue weighted by Gasteiger charge is 2.06. The summed E-state index contributed by atoms with van der Waals surface area (Å²) in [5.41, 5.74) is 1.85. The molecule has 2 heterocycles. The van der Waals surface area contributed by atoms with Crippen molar-refractivity contribution >= 4 is 11.6 Å². The summed E-state index contributed by atoms with van der Waals surface area (Å²) >= 11 is 0. The van der Waals surface area contributed by atoms with E-state index in [0.29, 0.717) is 30.5 Å². The molecule has 0 saturated heterocycles. The van der Waals surface area contributed by atoms with Crippen LogP contribution in [-0.2, 0) is 13.1 Å². The molecule has 0 radical (unpaired) electrons. The first-order valence-electron chi connectivity index (χ1n) is 10.0. The number of halogens is 1. The summed E-state index contributed by atoms with van der Waals surface area (Å²) in [5.74, 6) is 2.49. The lowest BCUT2D eigenvalue weighted by Crippen LogP contribution is -2.37. The largest absolute Gasteiger partial charge is 0.457 e. The van der Waals surface area contributed by atoms with Crippen LogP contribution in [0.25, 0.3) is 5.65 Å². The van der Waals surface area contributed by atoms with Gasteiger partial charge in [0.15, 0.2) is 17.4 Å². The Morgan fingerprint density at radius 3 is 2.45 bits per heavy atom. The Balaban J connectivity index is 1.37. The molecule has 2 aromatic carbocycles. The van der Waals surface area contributed by atoms with Crippen molar-refractivity contribution in [2.45, 2.75) is 20.0 Å². The smallest absolute Gasteiger partial charge is 0.191 e. The lowest BCUT2D eigenvalue weighted by molar-refractivity contribution is 0.480. The maximum absolute atomic E-state index is 13.0. The van der Waals surface area contributed by atoms with Crippen LogP contribution in [0.3, 0.4) is 0 Å². The topological polar surface area (TPSA) is 75.8 Å². The van der Waals surface area contributed by atoms with Crippen LogP contribution in [0.15, 0.2) is 77.9 Å². The highest BCUT2D eigenvalue weighted by Crippen LogP contribution is 2.22. The molecule has 0 saturated carbocycles. The van der Waals surface area contributed by atoms with Crippen molar-refractivity contribution in [1.29, 1.82) is 0 Å². The van der Waals surface area contributed by atoms with E-state index in [4.69, 9.17) is 4.74 Å². The lowest BCUT2D eigenvalue weighted by atomic mass is 10.2. The Morgan fingerprint density at radius 1 is 0.968 bits per heavy atom. The highest BCUT2D eigenvalue weighted by atomic mass is 19.1. The van der Waals surface area contributed by atoms with Gasteiger partial charge in [0, 0.05) is 12.7 Å². The van der Waals surface area contributed by atoms with Crippen molar-refractivity contribution in [3.05, 3.63) is 90.1 Å². The number of hydrogen-bond acceptors (Lipinski definition) is 4. The molecular weight excluding hydrogens is 395 g/mol. The molecule has 0 atom stereocenters. The third-order valence-electron chi connectivity index (χ3n) is 4.53. The van der Waals surface area contributed by atoms with Crippen LogP contribution in [-0.4, -0.2) is 27.1 Å². The van der Waals surface area contributed by atoms with Gasteiger partial charge in [-0.3, -0.25) is 4.40 Å². The summed E-state index contributed by atoms with van der Waals surface area (Å²) in [4.78, 5) is 4.64. The average Bonchev–Trinajstić information content (AvgIpc) is 3.21. The van der Waals surface area contributed by atoms with Gasteiger partial charge < -0.3 is 15.4 Å². The molecule has 0 spiro atoms. The molecule has 0 aliphatic heterocycles. The van der Waals surface area contributed by atoms with Crippen LogP contribution in [0.1, 0.15) is 18.3 Å². The summed E-state index contributed by atoms with van der Waals surface area (Å²) in [7, 11) is 0. The number of nitrogens with zero attached hydrogens (tertiary/aromatic N) is 4. The molecule has 0 aliphatic rings. The Hall–Kier alpha value is -3.94. The van der Waals surface area contributed by atoms with Crippen LogP contribution < -0.4 is 15.4 Å². The van der Waals surface area contributed by atoms with Gasteiger partial charge in [-0.15, -0.1) is 10.2 Å². The fourth-order valence-corrected chi connectivity index (χ4v) is 2.99. The Kier molecular flexibility index (Phi) is 6.37. The quantitative estimate of drug-likeness (QED) is 0.352. The molecule has 4 aromatic rings. The lowest BCUT2D eigenvalue weighted by Gasteiger charge is -2.11. The Morgan fingerprint density at radius 2 is 1.71 bits per heavy atom. The van der Waals surface area contributed by atoms with Gasteiger partial charge in [0.2, 0.25) is 0 Å². The highest BCUT2D eigenvalue weighted by molar-refractivity contribution is 5.79. The molecular formula is C23H23FN6O. The van der Waals surface area contributed by atoms with Crippen molar-refractivity contribution in [1.82, 2.24) is 25.2 Å². The number of aliphatic imine (C=N–C) groups is 1. The number of ether oxygens (including phenoxy) is 1. The number of pyridine rings is 1. The van der Waals surface area contributed by atoms with Gasteiger partial charge >= 0.3 is 0 Å². The molecule has 0 amide bonds. The summed E-state index contributed by atoms with van der Waals surface area (Å²) < 4.78 is 20.7. The molecule has 0 fully saturated rings. The SMILES string of the molecule is CCNC(=NCc1ccc(Oc2ccc(F)cc2)cc1)NCc1nnc2ccccn12. The third kappa shape index (κ3) is 5.36. The number of hydrogen-bond donors (Lipinski definition) is 2. The van der Waals surface area contributed by atoms with Crippen molar-refractivity contribution < 1.29 is 9.13 Å². The minimum absolute atomic E-state index is 0.289. The second-order valence-electron chi connectivity index (χ2n) is 6.79. The second kappa shape index (κ2) is 9.71. The van der Waals surface area contributed by atoms with Crippen molar-refractivity contribution in [3.8, 4) is 11.5 Å². The number of aromatic nitrogens is 3. The van der Waals surface area contributed by atoms with Crippen molar-refractivity contribution in [3.63, 3.8) is 0 Å². The molecule has 0 bridgehead atoms. The van der Waals surface area contributed by atoms with Crippen LogP contribution in [0.4, 0.5) is 4.39 Å². The van der Waals surface area contributed by atoms with Gasteiger partial charge in [0.25, 0.3) is 0 Å². The average molecular weight is 418 g/mol. The molecule has 8 heteroatoms. The van der Waals surface area contributed by atoms with Crippen LogP contribution in [0, 0.1) is 5.82 Å². The number of rotatable bonds is 7. The molecule has 2 N–H and O–H groups in total. The van der Waals surface area contributed by atoms with E-state index < -0.39 is 0 Å². The fraction of sp³-hybridized carbons (Fsp3) is 0.174. The van der Waals surface area contributed by atoms with Gasteiger partial charge in [0.05, 0.1) is 13.1 Å². The molecule has 0 aliphatic carbocycles.